The van der Waals surface area contributed by atoms with Crippen LogP contribution in [0.15, 0.2) is 48.7 Å². The lowest BCUT2D eigenvalue weighted by Gasteiger charge is -2.35. The maximum absolute atomic E-state index is 12.4. The molecule has 1 aromatic carbocycles. The largest absolute Gasteiger partial charge is 0.497 e. The van der Waals surface area contributed by atoms with E-state index in [0.29, 0.717) is 24.4 Å². The zero-order chi connectivity index (χ0) is 18.4. The standard InChI is InChI=1S/C20H23N3O3/c1-26-17-6-4-5-16(15-17)18(24)8-9-20(25)23-13-11-22(12-14-23)19-7-2-3-10-21-19/h2-7,10,15H,8-9,11-14H2,1H3. The second-order valence-corrected chi connectivity index (χ2v) is 6.21. The lowest BCUT2D eigenvalue weighted by Crippen LogP contribution is -2.49. The maximum Gasteiger partial charge on any atom is 0.223 e. The number of hydrogen-bond acceptors (Lipinski definition) is 5. The van der Waals surface area contributed by atoms with Crippen molar-refractivity contribution in [1.29, 1.82) is 0 Å². The second-order valence-electron chi connectivity index (χ2n) is 6.21. The Bertz CT molecular complexity index is 756. The minimum Gasteiger partial charge on any atom is -0.497 e. The summed E-state index contributed by atoms with van der Waals surface area (Å²) < 4.78 is 5.14. The van der Waals surface area contributed by atoms with E-state index in [0.717, 1.165) is 18.9 Å². The summed E-state index contributed by atoms with van der Waals surface area (Å²) in [5.41, 5.74) is 0.581. The SMILES string of the molecule is COc1cccc(C(=O)CCC(=O)N2CCN(c3ccccn3)CC2)c1. The molecule has 0 atom stereocenters. The second kappa shape index (κ2) is 8.47. The van der Waals surface area contributed by atoms with Gasteiger partial charge in [-0.3, -0.25) is 9.59 Å². The molecule has 0 spiro atoms. The Morgan fingerprint density at radius 1 is 1.04 bits per heavy atom. The van der Waals surface area contributed by atoms with Crippen LogP contribution in [0.1, 0.15) is 23.2 Å². The summed E-state index contributed by atoms with van der Waals surface area (Å²) >= 11 is 0. The number of pyridine rings is 1. The van der Waals surface area contributed by atoms with Crippen LogP contribution in [0.5, 0.6) is 5.75 Å². The molecule has 2 heterocycles. The Hall–Kier alpha value is -2.89. The van der Waals surface area contributed by atoms with Crippen molar-refractivity contribution >= 4 is 17.5 Å². The zero-order valence-corrected chi connectivity index (χ0v) is 14.9. The van der Waals surface area contributed by atoms with Crippen LogP contribution in [0.2, 0.25) is 0 Å². The third-order valence-electron chi connectivity index (χ3n) is 4.56. The lowest BCUT2D eigenvalue weighted by atomic mass is 10.1. The van der Waals surface area contributed by atoms with Gasteiger partial charge in [0, 0.05) is 50.8 Å². The van der Waals surface area contributed by atoms with Crippen molar-refractivity contribution in [2.45, 2.75) is 12.8 Å². The highest BCUT2D eigenvalue weighted by Gasteiger charge is 2.22. The van der Waals surface area contributed by atoms with E-state index in [4.69, 9.17) is 4.74 Å². The summed E-state index contributed by atoms with van der Waals surface area (Å²) in [4.78, 5) is 33.1. The van der Waals surface area contributed by atoms with Crippen LogP contribution in [0.4, 0.5) is 5.82 Å². The number of aromatic nitrogens is 1. The number of methoxy groups -OCH3 is 1. The number of anilines is 1. The van der Waals surface area contributed by atoms with Crippen molar-refractivity contribution in [3.8, 4) is 5.75 Å². The smallest absolute Gasteiger partial charge is 0.223 e. The van der Waals surface area contributed by atoms with E-state index in [1.165, 1.54) is 0 Å². The molecule has 0 saturated carbocycles. The van der Waals surface area contributed by atoms with Crippen molar-refractivity contribution in [2.24, 2.45) is 0 Å². The van der Waals surface area contributed by atoms with Gasteiger partial charge >= 0.3 is 0 Å². The van der Waals surface area contributed by atoms with Gasteiger partial charge in [-0.1, -0.05) is 18.2 Å². The predicted octanol–water partition coefficient (Wildman–Crippen LogP) is 2.40. The minimum atomic E-state index is -0.0376. The summed E-state index contributed by atoms with van der Waals surface area (Å²) in [7, 11) is 1.57. The number of piperazine rings is 1. The molecule has 3 rings (SSSR count). The fraction of sp³-hybridized carbons (Fsp3) is 0.350. The van der Waals surface area contributed by atoms with E-state index >= 15 is 0 Å². The van der Waals surface area contributed by atoms with Crippen LogP contribution in [0.25, 0.3) is 0 Å². The molecule has 0 aliphatic carbocycles. The van der Waals surface area contributed by atoms with Gasteiger partial charge in [0.15, 0.2) is 5.78 Å². The monoisotopic (exact) mass is 353 g/mol. The molecular weight excluding hydrogens is 330 g/mol. The minimum absolute atomic E-state index is 0.0296. The van der Waals surface area contributed by atoms with Crippen LogP contribution in [0, 0.1) is 0 Å². The molecule has 6 nitrogen and oxygen atoms in total. The highest BCUT2D eigenvalue weighted by Crippen LogP contribution is 2.16. The molecule has 1 aliphatic heterocycles. The van der Waals surface area contributed by atoms with Gasteiger partial charge in [-0.2, -0.15) is 0 Å². The Morgan fingerprint density at radius 2 is 1.85 bits per heavy atom. The van der Waals surface area contributed by atoms with Crippen LogP contribution in [0.3, 0.4) is 0 Å². The van der Waals surface area contributed by atoms with Gasteiger partial charge in [-0.15, -0.1) is 0 Å². The molecule has 0 radical (unpaired) electrons. The highest BCUT2D eigenvalue weighted by atomic mass is 16.5. The Balaban J connectivity index is 1.47. The Morgan fingerprint density at radius 3 is 2.54 bits per heavy atom. The highest BCUT2D eigenvalue weighted by molar-refractivity contribution is 5.98. The first kappa shape index (κ1) is 17.9. The molecule has 136 valence electrons. The summed E-state index contributed by atoms with van der Waals surface area (Å²) in [5.74, 6) is 1.58. The average Bonchev–Trinajstić information content (AvgIpc) is 2.72. The zero-order valence-electron chi connectivity index (χ0n) is 14.9. The van der Waals surface area contributed by atoms with Crippen LogP contribution in [-0.4, -0.2) is 54.9 Å². The number of benzene rings is 1. The number of hydrogen-bond donors (Lipinski definition) is 0. The topological polar surface area (TPSA) is 62.7 Å². The summed E-state index contributed by atoms with van der Waals surface area (Å²) in [6.07, 6.45) is 2.23. The van der Waals surface area contributed by atoms with Crippen molar-refractivity contribution in [3.05, 3.63) is 54.2 Å². The van der Waals surface area contributed by atoms with Gasteiger partial charge in [0.25, 0.3) is 0 Å². The van der Waals surface area contributed by atoms with Crippen molar-refractivity contribution in [2.75, 3.05) is 38.2 Å². The number of rotatable bonds is 6. The van der Waals surface area contributed by atoms with Crippen molar-refractivity contribution in [3.63, 3.8) is 0 Å². The van der Waals surface area contributed by atoms with Crippen LogP contribution >= 0.6 is 0 Å². The van der Waals surface area contributed by atoms with E-state index in [1.807, 2.05) is 23.1 Å². The van der Waals surface area contributed by atoms with E-state index in [2.05, 4.69) is 9.88 Å². The molecule has 1 fully saturated rings. The number of ether oxygens (including phenoxy) is 1. The number of ketones is 1. The molecule has 26 heavy (non-hydrogen) atoms. The molecule has 2 aromatic rings. The average molecular weight is 353 g/mol. The summed E-state index contributed by atoms with van der Waals surface area (Å²) in [6.45, 7) is 2.82. The van der Waals surface area contributed by atoms with Crippen molar-refractivity contribution in [1.82, 2.24) is 9.88 Å². The fourth-order valence-corrected chi connectivity index (χ4v) is 3.05. The number of carbonyl (C=O) groups excluding carboxylic acids is 2. The molecule has 1 aliphatic rings. The maximum atomic E-state index is 12.4. The first-order valence-electron chi connectivity index (χ1n) is 8.78. The van der Waals surface area contributed by atoms with Gasteiger partial charge in [-0.25, -0.2) is 4.98 Å². The number of carbonyl (C=O) groups is 2. The van der Waals surface area contributed by atoms with E-state index in [1.54, 1.807) is 37.6 Å². The first-order chi connectivity index (χ1) is 12.7. The Labute approximate surface area is 153 Å². The lowest BCUT2D eigenvalue weighted by molar-refractivity contribution is -0.131. The van der Waals surface area contributed by atoms with E-state index in [9.17, 15) is 9.59 Å². The Kier molecular flexibility index (Phi) is 5.84. The number of nitrogens with zero attached hydrogens (tertiary/aromatic N) is 3. The van der Waals surface area contributed by atoms with Gasteiger partial charge < -0.3 is 14.5 Å². The third-order valence-corrected chi connectivity index (χ3v) is 4.56. The third kappa shape index (κ3) is 4.39. The van der Waals surface area contributed by atoms with Gasteiger partial charge in [0.1, 0.15) is 11.6 Å². The normalized spacial score (nSPS) is 14.2. The molecule has 1 amide bonds. The van der Waals surface area contributed by atoms with E-state index < -0.39 is 0 Å². The van der Waals surface area contributed by atoms with Crippen LogP contribution in [-0.2, 0) is 4.79 Å². The molecular formula is C20H23N3O3. The summed E-state index contributed by atoms with van der Waals surface area (Å²) in [5, 5.41) is 0. The van der Waals surface area contributed by atoms with Gasteiger partial charge in [0.05, 0.1) is 7.11 Å². The molecule has 0 unspecified atom stereocenters. The molecule has 6 heteroatoms. The van der Waals surface area contributed by atoms with Gasteiger partial charge in [-0.05, 0) is 24.3 Å². The summed E-state index contributed by atoms with van der Waals surface area (Å²) in [6, 6.07) is 12.9. The predicted molar refractivity (Wildman–Crippen MR) is 99.6 cm³/mol. The first-order valence-corrected chi connectivity index (χ1v) is 8.78. The molecule has 1 aromatic heterocycles. The van der Waals surface area contributed by atoms with Crippen molar-refractivity contribution < 1.29 is 14.3 Å². The molecule has 0 N–H and O–H groups in total. The number of Topliss-reactive ketones (excluding diaryl/α,β-unsaturated/α-hetero) is 1. The van der Waals surface area contributed by atoms with E-state index in [-0.39, 0.29) is 24.5 Å². The molecule has 1 saturated heterocycles. The van der Waals surface area contributed by atoms with Gasteiger partial charge in [0.2, 0.25) is 5.91 Å². The number of amides is 1. The fourth-order valence-electron chi connectivity index (χ4n) is 3.05. The van der Waals surface area contributed by atoms with Crippen LogP contribution < -0.4 is 9.64 Å². The quantitative estimate of drug-likeness (QED) is 0.746. The molecule has 0 bridgehead atoms.